The van der Waals surface area contributed by atoms with Gasteiger partial charge in [-0.1, -0.05) is 12.1 Å². The van der Waals surface area contributed by atoms with Gasteiger partial charge >= 0.3 is 0 Å². The molecule has 0 saturated carbocycles. The summed E-state index contributed by atoms with van der Waals surface area (Å²) in [5, 5.41) is 6.07. The molecule has 0 aliphatic rings. The van der Waals surface area contributed by atoms with Crippen molar-refractivity contribution >= 4 is 17.3 Å². The number of benzene rings is 2. The van der Waals surface area contributed by atoms with Crippen molar-refractivity contribution < 1.29 is 14.3 Å². The highest BCUT2D eigenvalue weighted by atomic mass is 16.5. The molecule has 5 nitrogen and oxygen atoms in total. The molecule has 0 aliphatic carbocycles. The Labute approximate surface area is 130 Å². The summed E-state index contributed by atoms with van der Waals surface area (Å²) in [5.41, 5.74) is 2.82. The van der Waals surface area contributed by atoms with Gasteiger partial charge in [0.05, 0.1) is 14.2 Å². The Balaban J connectivity index is 2.01. The lowest BCUT2D eigenvalue weighted by Crippen LogP contribution is -2.06. The Kier molecular flexibility index (Phi) is 5.25. The summed E-state index contributed by atoms with van der Waals surface area (Å²) in [5.74, 6) is 1.40. The van der Waals surface area contributed by atoms with Crippen LogP contribution in [0.3, 0.4) is 0 Å². The lowest BCUT2D eigenvalue weighted by atomic mass is 10.2. The van der Waals surface area contributed by atoms with Crippen LogP contribution in [-0.4, -0.2) is 20.1 Å². The molecule has 2 N–H and O–H groups in total. The summed E-state index contributed by atoms with van der Waals surface area (Å²) in [7, 11) is 3.25. The molecule has 2 aromatic rings. The summed E-state index contributed by atoms with van der Waals surface area (Å²) in [6.45, 7) is 2.16. The van der Waals surface area contributed by atoms with Crippen LogP contribution in [-0.2, 0) is 11.3 Å². The van der Waals surface area contributed by atoms with Crippen molar-refractivity contribution in [3.8, 4) is 11.5 Å². The fourth-order valence-electron chi connectivity index (χ4n) is 2.02. The third-order valence-electron chi connectivity index (χ3n) is 3.12. The van der Waals surface area contributed by atoms with Crippen LogP contribution in [0.4, 0.5) is 11.4 Å². The summed E-state index contributed by atoms with van der Waals surface area (Å²) in [6.07, 6.45) is 0. The van der Waals surface area contributed by atoms with Crippen LogP contribution in [0, 0.1) is 0 Å². The van der Waals surface area contributed by atoms with Gasteiger partial charge in [0.1, 0.15) is 11.5 Å². The Bertz CT molecular complexity index is 617. The van der Waals surface area contributed by atoms with Gasteiger partial charge in [-0.15, -0.1) is 0 Å². The summed E-state index contributed by atoms with van der Waals surface area (Å²) in [6, 6.07) is 13.3. The lowest BCUT2D eigenvalue weighted by Gasteiger charge is -2.11. The molecular formula is C17H20N2O3. The number of ether oxygens (including phenoxy) is 2. The van der Waals surface area contributed by atoms with E-state index in [9.17, 15) is 4.79 Å². The Hall–Kier alpha value is -2.69. The van der Waals surface area contributed by atoms with Crippen LogP contribution in [0.2, 0.25) is 0 Å². The number of nitrogens with one attached hydrogen (secondary N) is 2. The normalized spacial score (nSPS) is 9.95. The molecule has 2 rings (SSSR count). The van der Waals surface area contributed by atoms with Crippen LogP contribution < -0.4 is 20.1 Å². The number of carbonyl (C=O) groups is 1. The molecule has 116 valence electrons. The molecule has 0 saturated heterocycles. The zero-order chi connectivity index (χ0) is 15.9. The molecule has 0 aromatic heterocycles. The number of anilines is 2. The van der Waals surface area contributed by atoms with E-state index < -0.39 is 0 Å². The van der Waals surface area contributed by atoms with Gasteiger partial charge in [0, 0.05) is 43.0 Å². The van der Waals surface area contributed by atoms with Crippen LogP contribution >= 0.6 is 0 Å². The average molecular weight is 300 g/mol. The summed E-state index contributed by atoms with van der Waals surface area (Å²) >= 11 is 0. The SMILES string of the molecule is COc1cc(NCc2ccc(NC(C)=O)cc2)cc(OC)c1. The minimum absolute atomic E-state index is 0.0747. The predicted octanol–water partition coefficient (Wildman–Crippen LogP) is 3.27. The van der Waals surface area contributed by atoms with Gasteiger partial charge < -0.3 is 20.1 Å². The van der Waals surface area contributed by atoms with E-state index in [4.69, 9.17) is 9.47 Å². The van der Waals surface area contributed by atoms with Gasteiger partial charge in [0.25, 0.3) is 0 Å². The zero-order valence-corrected chi connectivity index (χ0v) is 13.0. The molecule has 0 heterocycles. The second-order valence-corrected chi connectivity index (χ2v) is 4.83. The van der Waals surface area contributed by atoms with Crippen LogP contribution in [0.5, 0.6) is 11.5 Å². The predicted molar refractivity (Wildman–Crippen MR) is 87.6 cm³/mol. The maximum absolute atomic E-state index is 11.0. The largest absolute Gasteiger partial charge is 0.497 e. The Morgan fingerprint density at radius 2 is 1.55 bits per heavy atom. The second kappa shape index (κ2) is 7.36. The molecule has 0 aliphatic heterocycles. The van der Waals surface area contributed by atoms with Gasteiger partial charge in [-0.05, 0) is 17.7 Å². The van der Waals surface area contributed by atoms with E-state index >= 15 is 0 Å². The standard InChI is InChI=1S/C17H20N2O3/c1-12(20)19-14-6-4-13(5-7-14)11-18-15-8-16(21-2)10-17(9-15)22-3/h4-10,18H,11H2,1-3H3,(H,19,20). The van der Waals surface area contributed by atoms with Crippen molar-refractivity contribution in [3.63, 3.8) is 0 Å². The van der Waals surface area contributed by atoms with Crippen LogP contribution in [0.15, 0.2) is 42.5 Å². The highest BCUT2D eigenvalue weighted by molar-refractivity contribution is 5.88. The van der Waals surface area contributed by atoms with E-state index in [-0.39, 0.29) is 5.91 Å². The molecule has 0 fully saturated rings. The van der Waals surface area contributed by atoms with E-state index in [1.165, 1.54) is 6.92 Å². The minimum atomic E-state index is -0.0747. The first-order chi connectivity index (χ1) is 10.6. The van der Waals surface area contributed by atoms with Crippen LogP contribution in [0.25, 0.3) is 0 Å². The first-order valence-electron chi connectivity index (χ1n) is 6.94. The highest BCUT2D eigenvalue weighted by Gasteiger charge is 2.02. The molecule has 5 heteroatoms. The third-order valence-corrected chi connectivity index (χ3v) is 3.12. The quantitative estimate of drug-likeness (QED) is 0.859. The van der Waals surface area contributed by atoms with E-state index in [1.807, 2.05) is 42.5 Å². The van der Waals surface area contributed by atoms with E-state index in [1.54, 1.807) is 14.2 Å². The maximum Gasteiger partial charge on any atom is 0.221 e. The number of methoxy groups -OCH3 is 2. The van der Waals surface area contributed by atoms with Crippen molar-refractivity contribution in [1.29, 1.82) is 0 Å². The number of hydrogen-bond donors (Lipinski definition) is 2. The van der Waals surface area contributed by atoms with Gasteiger partial charge in [0.15, 0.2) is 0 Å². The zero-order valence-electron chi connectivity index (χ0n) is 13.0. The topological polar surface area (TPSA) is 59.6 Å². The molecule has 0 atom stereocenters. The average Bonchev–Trinajstić information content (AvgIpc) is 2.53. The molecule has 22 heavy (non-hydrogen) atoms. The van der Waals surface area contributed by atoms with Crippen molar-refractivity contribution in [3.05, 3.63) is 48.0 Å². The third kappa shape index (κ3) is 4.41. The number of amides is 1. The fourth-order valence-corrected chi connectivity index (χ4v) is 2.02. The van der Waals surface area contributed by atoms with Crippen molar-refractivity contribution in [2.45, 2.75) is 13.5 Å². The van der Waals surface area contributed by atoms with E-state index in [2.05, 4.69) is 10.6 Å². The van der Waals surface area contributed by atoms with Crippen molar-refractivity contribution in [2.75, 3.05) is 24.9 Å². The molecule has 0 bridgehead atoms. The van der Waals surface area contributed by atoms with Gasteiger partial charge in [-0.3, -0.25) is 4.79 Å². The number of rotatable bonds is 6. The van der Waals surface area contributed by atoms with E-state index in [0.29, 0.717) is 6.54 Å². The van der Waals surface area contributed by atoms with Gasteiger partial charge in [0.2, 0.25) is 5.91 Å². The fraction of sp³-hybridized carbons (Fsp3) is 0.235. The second-order valence-electron chi connectivity index (χ2n) is 4.83. The smallest absolute Gasteiger partial charge is 0.221 e. The van der Waals surface area contributed by atoms with Gasteiger partial charge in [-0.25, -0.2) is 0 Å². The highest BCUT2D eigenvalue weighted by Crippen LogP contribution is 2.26. The minimum Gasteiger partial charge on any atom is -0.497 e. The van der Waals surface area contributed by atoms with Gasteiger partial charge in [-0.2, -0.15) is 0 Å². The van der Waals surface area contributed by atoms with Crippen LogP contribution in [0.1, 0.15) is 12.5 Å². The molecular weight excluding hydrogens is 280 g/mol. The molecule has 0 spiro atoms. The first kappa shape index (κ1) is 15.7. The summed E-state index contributed by atoms with van der Waals surface area (Å²) in [4.78, 5) is 11.0. The Morgan fingerprint density at radius 1 is 0.955 bits per heavy atom. The number of carbonyl (C=O) groups excluding carboxylic acids is 1. The summed E-state index contributed by atoms with van der Waals surface area (Å²) < 4.78 is 10.5. The molecule has 0 radical (unpaired) electrons. The maximum atomic E-state index is 11.0. The molecule has 1 amide bonds. The monoisotopic (exact) mass is 300 g/mol. The Morgan fingerprint density at radius 3 is 2.05 bits per heavy atom. The number of hydrogen-bond acceptors (Lipinski definition) is 4. The molecule has 2 aromatic carbocycles. The van der Waals surface area contributed by atoms with E-state index in [0.717, 1.165) is 28.4 Å². The lowest BCUT2D eigenvalue weighted by molar-refractivity contribution is -0.114. The van der Waals surface area contributed by atoms with Crippen molar-refractivity contribution in [2.24, 2.45) is 0 Å². The van der Waals surface area contributed by atoms with Crippen molar-refractivity contribution in [1.82, 2.24) is 0 Å². The first-order valence-corrected chi connectivity index (χ1v) is 6.94. The molecule has 0 unspecified atom stereocenters.